The molecule has 0 amide bonds. The van der Waals surface area contributed by atoms with Gasteiger partial charge in [-0.25, -0.2) is 0 Å². The normalized spacial score (nSPS) is 10.4. The molecule has 0 saturated heterocycles. The molecule has 0 radical (unpaired) electrons. The molecular weight excluding hydrogens is 264 g/mol. The molecule has 0 atom stereocenters. The average Bonchev–Trinajstić information content (AvgIpc) is 2.55. The maximum absolute atomic E-state index is 4.29. The Kier molecular flexibility index (Phi) is 4.09. The molecule has 2 nitrogen and oxygen atoms in total. The molecule has 3 rings (SSSR count). The van der Waals surface area contributed by atoms with Gasteiger partial charge in [0.15, 0.2) is 0 Å². The molecule has 3 heteroatoms. The number of rotatable bonds is 4. The van der Waals surface area contributed by atoms with Crippen molar-refractivity contribution >= 4 is 11.8 Å². The van der Waals surface area contributed by atoms with Gasteiger partial charge in [-0.2, -0.15) is 0 Å². The fourth-order valence-electron chi connectivity index (χ4n) is 1.89. The van der Waals surface area contributed by atoms with E-state index in [1.807, 2.05) is 48.5 Å². The van der Waals surface area contributed by atoms with E-state index >= 15 is 0 Å². The van der Waals surface area contributed by atoms with Gasteiger partial charge in [0.05, 0.1) is 5.69 Å². The first-order valence-electron chi connectivity index (χ1n) is 6.48. The summed E-state index contributed by atoms with van der Waals surface area (Å²) in [5.74, 6) is 0.917. The Hall–Kier alpha value is -2.13. The molecule has 98 valence electrons. The van der Waals surface area contributed by atoms with Gasteiger partial charge in [0.1, 0.15) is 5.03 Å². The van der Waals surface area contributed by atoms with Crippen LogP contribution in [0.1, 0.15) is 5.56 Å². The zero-order valence-corrected chi connectivity index (χ0v) is 11.8. The van der Waals surface area contributed by atoms with E-state index in [9.17, 15) is 0 Å². The summed E-state index contributed by atoms with van der Waals surface area (Å²) in [6.45, 7) is 0. The van der Waals surface area contributed by atoms with Gasteiger partial charge in [-0.05, 0) is 17.7 Å². The largest absolute Gasteiger partial charge is 0.149 e. The zero-order chi connectivity index (χ0) is 13.6. The molecule has 1 aromatic heterocycles. The van der Waals surface area contributed by atoms with Gasteiger partial charge < -0.3 is 0 Å². The molecule has 0 saturated carbocycles. The maximum atomic E-state index is 4.29. The third-order valence-electron chi connectivity index (χ3n) is 2.94. The van der Waals surface area contributed by atoms with E-state index in [0.717, 1.165) is 22.0 Å². The third kappa shape index (κ3) is 3.25. The summed E-state index contributed by atoms with van der Waals surface area (Å²) < 4.78 is 0. The topological polar surface area (TPSA) is 25.8 Å². The minimum Gasteiger partial charge on any atom is -0.149 e. The van der Waals surface area contributed by atoms with Gasteiger partial charge in [0.25, 0.3) is 0 Å². The first-order valence-corrected chi connectivity index (χ1v) is 7.46. The molecular formula is C17H14N2S. The van der Waals surface area contributed by atoms with Crippen LogP contribution in [0, 0.1) is 0 Å². The van der Waals surface area contributed by atoms with Crippen molar-refractivity contribution in [1.29, 1.82) is 0 Å². The van der Waals surface area contributed by atoms with Crippen molar-refractivity contribution in [3.05, 3.63) is 78.4 Å². The minimum atomic E-state index is 0.912. The Morgan fingerprint density at radius 1 is 0.700 bits per heavy atom. The van der Waals surface area contributed by atoms with Crippen molar-refractivity contribution in [2.24, 2.45) is 0 Å². The standard InChI is InChI=1S/C17H14N2S/c1-3-7-14(8-4-1)13-20-17-12-11-16(18-19-17)15-9-5-2-6-10-15/h1-12H,13H2. The van der Waals surface area contributed by atoms with Gasteiger partial charge >= 0.3 is 0 Å². The predicted molar refractivity (Wildman–Crippen MR) is 83.5 cm³/mol. The number of benzene rings is 2. The molecule has 0 N–H and O–H groups in total. The Morgan fingerprint density at radius 2 is 1.40 bits per heavy atom. The fourth-order valence-corrected chi connectivity index (χ4v) is 2.66. The molecule has 0 aliphatic heterocycles. The van der Waals surface area contributed by atoms with Crippen molar-refractivity contribution < 1.29 is 0 Å². The first-order chi connectivity index (χ1) is 9.92. The van der Waals surface area contributed by atoms with E-state index in [0.29, 0.717) is 0 Å². The first kappa shape index (κ1) is 12.9. The Labute approximate surface area is 122 Å². The van der Waals surface area contributed by atoms with Gasteiger partial charge in [0, 0.05) is 11.3 Å². The van der Waals surface area contributed by atoms with E-state index in [2.05, 4.69) is 34.5 Å². The van der Waals surface area contributed by atoms with Crippen LogP contribution >= 0.6 is 11.8 Å². The van der Waals surface area contributed by atoms with E-state index < -0.39 is 0 Å². The van der Waals surface area contributed by atoms with Crippen LogP contribution in [-0.2, 0) is 5.75 Å². The monoisotopic (exact) mass is 278 g/mol. The smallest absolute Gasteiger partial charge is 0.119 e. The molecule has 1 heterocycles. The van der Waals surface area contributed by atoms with E-state index in [1.165, 1.54) is 5.56 Å². The highest BCUT2D eigenvalue weighted by Gasteiger charge is 2.01. The number of nitrogens with zero attached hydrogens (tertiary/aromatic N) is 2. The van der Waals surface area contributed by atoms with Crippen LogP contribution in [-0.4, -0.2) is 10.2 Å². The second kappa shape index (κ2) is 6.35. The van der Waals surface area contributed by atoms with E-state index in [1.54, 1.807) is 11.8 Å². The number of aromatic nitrogens is 2. The van der Waals surface area contributed by atoms with Crippen LogP contribution < -0.4 is 0 Å². The van der Waals surface area contributed by atoms with Crippen molar-refractivity contribution in [2.45, 2.75) is 10.8 Å². The van der Waals surface area contributed by atoms with Gasteiger partial charge in [-0.1, -0.05) is 72.4 Å². The lowest BCUT2D eigenvalue weighted by molar-refractivity contribution is 0.935. The van der Waals surface area contributed by atoms with Crippen molar-refractivity contribution in [1.82, 2.24) is 10.2 Å². The van der Waals surface area contributed by atoms with Crippen LogP contribution in [0.2, 0.25) is 0 Å². The lowest BCUT2D eigenvalue weighted by Gasteiger charge is -2.02. The maximum Gasteiger partial charge on any atom is 0.119 e. The van der Waals surface area contributed by atoms with Crippen LogP contribution in [0.15, 0.2) is 77.8 Å². The molecule has 0 aliphatic carbocycles. The van der Waals surface area contributed by atoms with Gasteiger partial charge in [-0.3, -0.25) is 0 Å². The molecule has 0 bridgehead atoms. The third-order valence-corrected chi connectivity index (χ3v) is 3.93. The summed E-state index contributed by atoms with van der Waals surface area (Å²) in [6.07, 6.45) is 0. The molecule has 2 aromatic carbocycles. The Balaban J connectivity index is 1.68. The van der Waals surface area contributed by atoms with Gasteiger partial charge in [0.2, 0.25) is 0 Å². The molecule has 20 heavy (non-hydrogen) atoms. The molecule has 0 aliphatic rings. The molecule has 3 aromatic rings. The second-order valence-corrected chi connectivity index (χ2v) is 5.39. The van der Waals surface area contributed by atoms with Crippen molar-refractivity contribution in [2.75, 3.05) is 0 Å². The zero-order valence-electron chi connectivity index (χ0n) is 10.9. The number of hydrogen-bond donors (Lipinski definition) is 0. The summed E-state index contributed by atoms with van der Waals surface area (Å²) in [5.41, 5.74) is 3.31. The Bertz CT molecular complexity index is 652. The highest BCUT2D eigenvalue weighted by molar-refractivity contribution is 7.98. The minimum absolute atomic E-state index is 0.912. The highest BCUT2D eigenvalue weighted by Crippen LogP contribution is 2.22. The molecule has 0 spiro atoms. The number of thioether (sulfide) groups is 1. The van der Waals surface area contributed by atoms with Crippen LogP contribution in [0.5, 0.6) is 0 Å². The summed E-state index contributed by atoms with van der Waals surface area (Å²) in [7, 11) is 0. The fraction of sp³-hybridized carbons (Fsp3) is 0.0588. The van der Waals surface area contributed by atoms with Crippen LogP contribution in [0.3, 0.4) is 0 Å². The number of hydrogen-bond acceptors (Lipinski definition) is 3. The van der Waals surface area contributed by atoms with Crippen LogP contribution in [0.4, 0.5) is 0 Å². The molecule has 0 fully saturated rings. The van der Waals surface area contributed by atoms with E-state index in [-0.39, 0.29) is 0 Å². The predicted octanol–water partition coefficient (Wildman–Crippen LogP) is 4.44. The van der Waals surface area contributed by atoms with Crippen molar-refractivity contribution in [3.63, 3.8) is 0 Å². The molecule has 0 unspecified atom stereocenters. The lowest BCUT2D eigenvalue weighted by Crippen LogP contribution is -1.89. The summed E-state index contributed by atoms with van der Waals surface area (Å²) in [5, 5.41) is 9.53. The quantitative estimate of drug-likeness (QED) is 0.660. The van der Waals surface area contributed by atoms with Gasteiger partial charge in [-0.15, -0.1) is 10.2 Å². The Morgan fingerprint density at radius 3 is 2.05 bits per heavy atom. The SMILES string of the molecule is c1ccc(CSc2ccc(-c3ccccc3)nn2)cc1. The highest BCUT2D eigenvalue weighted by atomic mass is 32.2. The average molecular weight is 278 g/mol. The summed E-state index contributed by atoms with van der Waals surface area (Å²) in [6, 6.07) is 24.5. The summed E-state index contributed by atoms with van der Waals surface area (Å²) >= 11 is 1.70. The second-order valence-electron chi connectivity index (χ2n) is 4.40. The lowest BCUT2D eigenvalue weighted by atomic mass is 10.1. The summed E-state index contributed by atoms with van der Waals surface area (Å²) in [4.78, 5) is 0. The van der Waals surface area contributed by atoms with Crippen molar-refractivity contribution in [3.8, 4) is 11.3 Å². The van der Waals surface area contributed by atoms with E-state index in [4.69, 9.17) is 0 Å². The van der Waals surface area contributed by atoms with Crippen LogP contribution in [0.25, 0.3) is 11.3 Å².